The zero-order valence-corrected chi connectivity index (χ0v) is 13.5. The van der Waals surface area contributed by atoms with Crippen molar-refractivity contribution in [3.05, 3.63) is 65.7 Å². The number of hydrogen-bond acceptors (Lipinski definition) is 5. The largest absolute Gasteiger partial charge is 0.460 e. The van der Waals surface area contributed by atoms with Crippen LogP contribution in [0.4, 0.5) is 5.69 Å². The quantitative estimate of drug-likeness (QED) is 0.652. The van der Waals surface area contributed by atoms with E-state index in [0.29, 0.717) is 5.69 Å². The molecule has 0 aliphatic heterocycles. The molecule has 0 saturated carbocycles. The van der Waals surface area contributed by atoms with E-state index >= 15 is 0 Å². The first-order valence-electron chi connectivity index (χ1n) is 7.67. The highest BCUT2D eigenvalue weighted by Crippen LogP contribution is 2.14. The lowest BCUT2D eigenvalue weighted by Gasteiger charge is -2.11. The van der Waals surface area contributed by atoms with E-state index in [9.17, 15) is 14.4 Å². The first kappa shape index (κ1) is 18.2. The first-order valence-corrected chi connectivity index (χ1v) is 7.67. The van der Waals surface area contributed by atoms with Crippen LogP contribution in [0.3, 0.4) is 0 Å². The number of carbonyl (C=O) groups excluding carboxylic acids is 3. The summed E-state index contributed by atoms with van der Waals surface area (Å²) in [5.41, 5.74) is 6.67. The van der Waals surface area contributed by atoms with Crippen molar-refractivity contribution in [2.24, 2.45) is 5.73 Å². The summed E-state index contributed by atoms with van der Waals surface area (Å²) in [6, 6.07) is 15.7. The number of anilines is 1. The fraction of sp³-hybridized carbons (Fsp3) is 0.167. The maximum Gasteiger partial charge on any atom is 0.325 e. The van der Waals surface area contributed by atoms with E-state index in [1.807, 2.05) is 30.3 Å². The van der Waals surface area contributed by atoms with Crippen LogP contribution in [0, 0.1) is 0 Å². The van der Waals surface area contributed by atoms with Crippen LogP contribution >= 0.6 is 0 Å². The summed E-state index contributed by atoms with van der Waals surface area (Å²) in [5.74, 6) is -1.47. The lowest BCUT2D eigenvalue weighted by molar-refractivity contribution is -0.143. The van der Waals surface area contributed by atoms with E-state index in [-0.39, 0.29) is 25.3 Å². The molecular weight excluding hydrogens is 322 g/mol. The molecule has 0 aliphatic carbocycles. The van der Waals surface area contributed by atoms with Gasteiger partial charge in [-0.2, -0.15) is 0 Å². The summed E-state index contributed by atoms with van der Waals surface area (Å²) in [4.78, 5) is 35.4. The van der Waals surface area contributed by atoms with Gasteiger partial charge < -0.3 is 21.1 Å². The Labute approximate surface area is 145 Å². The van der Waals surface area contributed by atoms with Crippen LogP contribution in [-0.4, -0.2) is 30.9 Å². The third kappa shape index (κ3) is 5.74. The highest BCUT2D eigenvalue weighted by Gasteiger charge is 2.14. The van der Waals surface area contributed by atoms with E-state index < -0.39 is 17.8 Å². The third-order valence-corrected chi connectivity index (χ3v) is 3.27. The molecule has 0 bridgehead atoms. The molecule has 2 aromatic carbocycles. The normalized spacial score (nSPS) is 9.96. The van der Waals surface area contributed by atoms with Gasteiger partial charge in [-0.25, -0.2) is 0 Å². The highest BCUT2D eigenvalue weighted by atomic mass is 16.5. The Morgan fingerprint density at radius 1 is 0.960 bits per heavy atom. The Bertz CT molecular complexity index is 747. The van der Waals surface area contributed by atoms with Gasteiger partial charge in [-0.05, 0) is 17.7 Å². The monoisotopic (exact) mass is 341 g/mol. The van der Waals surface area contributed by atoms with Crippen molar-refractivity contribution in [1.82, 2.24) is 5.32 Å². The standard InChI is InChI=1S/C18H19N3O4/c19-10-16(22)21-15-9-5-4-8-14(15)18(24)20-11-17(23)25-12-13-6-2-1-3-7-13/h1-9H,10-12,19H2,(H,20,24)(H,21,22). The SMILES string of the molecule is NCC(=O)Nc1ccccc1C(=O)NCC(=O)OCc1ccccc1. The van der Waals surface area contributed by atoms with Crippen LogP contribution in [0.1, 0.15) is 15.9 Å². The summed E-state index contributed by atoms with van der Waals surface area (Å²) in [6.45, 7) is -0.328. The summed E-state index contributed by atoms with van der Waals surface area (Å²) < 4.78 is 5.09. The summed E-state index contributed by atoms with van der Waals surface area (Å²) in [6.07, 6.45) is 0. The van der Waals surface area contributed by atoms with Gasteiger partial charge in [0.25, 0.3) is 5.91 Å². The second-order valence-corrected chi connectivity index (χ2v) is 5.13. The van der Waals surface area contributed by atoms with Crippen LogP contribution in [0.2, 0.25) is 0 Å². The van der Waals surface area contributed by atoms with E-state index in [4.69, 9.17) is 10.5 Å². The second-order valence-electron chi connectivity index (χ2n) is 5.13. The van der Waals surface area contributed by atoms with Crippen LogP contribution in [0.15, 0.2) is 54.6 Å². The fourth-order valence-electron chi connectivity index (χ4n) is 2.03. The molecule has 7 nitrogen and oxygen atoms in total. The van der Waals surface area contributed by atoms with E-state index in [1.165, 1.54) is 6.07 Å². The number of ether oxygens (including phenoxy) is 1. The fourth-order valence-corrected chi connectivity index (χ4v) is 2.03. The van der Waals surface area contributed by atoms with E-state index in [0.717, 1.165) is 5.56 Å². The van der Waals surface area contributed by atoms with Crippen LogP contribution < -0.4 is 16.4 Å². The maximum absolute atomic E-state index is 12.2. The maximum atomic E-state index is 12.2. The summed E-state index contributed by atoms with van der Waals surface area (Å²) >= 11 is 0. The molecule has 2 amide bonds. The molecule has 2 aromatic rings. The zero-order chi connectivity index (χ0) is 18.1. The van der Waals surface area contributed by atoms with Gasteiger partial charge in [-0.3, -0.25) is 14.4 Å². The molecule has 0 spiro atoms. The Morgan fingerprint density at radius 2 is 1.64 bits per heavy atom. The Morgan fingerprint density at radius 3 is 2.36 bits per heavy atom. The zero-order valence-electron chi connectivity index (χ0n) is 13.5. The Hall–Kier alpha value is -3.19. The molecule has 7 heteroatoms. The van der Waals surface area contributed by atoms with Gasteiger partial charge in [0.1, 0.15) is 13.2 Å². The lowest BCUT2D eigenvalue weighted by Crippen LogP contribution is -2.31. The predicted octanol–water partition coefficient (Wildman–Crippen LogP) is 1.06. The van der Waals surface area contributed by atoms with Gasteiger partial charge in [0, 0.05) is 0 Å². The molecule has 0 fully saturated rings. The van der Waals surface area contributed by atoms with E-state index in [1.54, 1.807) is 18.2 Å². The minimum atomic E-state index is -0.555. The van der Waals surface area contributed by atoms with Gasteiger partial charge in [0.15, 0.2) is 0 Å². The average molecular weight is 341 g/mol. The number of carbonyl (C=O) groups is 3. The van der Waals surface area contributed by atoms with Crippen molar-refractivity contribution >= 4 is 23.5 Å². The number of nitrogens with one attached hydrogen (secondary N) is 2. The second kappa shape index (κ2) is 9.19. The molecule has 130 valence electrons. The van der Waals surface area contributed by atoms with Crippen LogP contribution in [0.5, 0.6) is 0 Å². The number of nitrogens with two attached hydrogens (primary N) is 1. The molecule has 25 heavy (non-hydrogen) atoms. The van der Waals surface area contributed by atoms with Crippen LogP contribution in [-0.2, 0) is 20.9 Å². The molecule has 2 rings (SSSR count). The summed E-state index contributed by atoms with van der Waals surface area (Å²) in [7, 11) is 0. The molecule has 4 N–H and O–H groups in total. The number of benzene rings is 2. The molecular formula is C18H19N3O4. The molecule has 0 aliphatic rings. The van der Waals surface area contributed by atoms with Crippen molar-refractivity contribution in [2.45, 2.75) is 6.61 Å². The van der Waals surface area contributed by atoms with Crippen molar-refractivity contribution < 1.29 is 19.1 Å². The van der Waals surface area contributed by atoms with Gasteiger partial charge >= 0.3 is 5.97 Å². The third-order valence-electron chi connectivity index (χ3n) is 3.27. The summed E-state index contributed by atoms with van der Waals surface area (Å²) in [5, 5.41) is 5.01. The topological polar surface area (TPSA) is 111 Å². The minimum absolute atomic E-state index is 0.138. The highest BCUT2D eigenvalue weighted by molar-refractivity contribution is 6.04. The van der Waals surface area contributed by atoms with Gasteiger partial charge in [-0.15, -0.1) is 0 Å². The first-order chi connectivity index (χ1) is 12.1. The van der Waals surface area contributed by atoms with E-state index in [2.05, 4.69) is 10.6 Å². The van der Waals surface area contributed by atoms with Gasteiger partial charge in [0.05, 0.1) is 17.8 Å². The smallest absolute Gasteiger partial charge is 0.325 e. The molecule has 0 aromatic heterocycles. The molecule has 0 radical (unpaired) electrons. The molecule has 0 saturated heterocycles. The van der Waals surface area contributed by atoms with Gasteiger partial charge in [0.2, 0.25) is 5.91 Å². The van der Waals surface area contributed by atoms with Crippen LogP contribution in [0.25, 0.3) is 0 Å². The Kier molecular flexibility index (Phi) is 6.67. The van der Waals surface area contributed by atoms with Crippen molar-refractivity contribution in [2.75, 3.05) is 18.4 Å². The van der Waals surface area contributed by atoms with Crippen molar-refractivity contribution in [3.8, 4) is 0 Å². The lowest BCUT2D eigenvalue weighted by atomic mass is 10.1. The number of esters is 1. The molecule has 0 atom stereocenters. The molecule has 0 heterocycles. The number of para-hydroxylation sites is 1. The number of hydrogen-bond donors (Lipinski definition) is 3. The predicted molar refractivity (Wildman–Crippen MR) is 92.7 cm³/mol. The van der Waals surface area contributed by atoms with Crippen molar-refractivity contribution in [1.29, 1.82) is 0 Å². The number of amides is 2. The molecule has 0 unspecified atom stereocenters. The van der Waals surface area contributed by atoms with Gasteiger partial charge in [-0.1, -0.05) is 42.5 Å². The van der Waals surface area contributed by atoms with Crippen molar-refractivity contribution in [3.63, 3.8) is 0 Å². The minimum Gasteiger partial charge on any atom is -0.460 e. The number of rotatable bonds is 7. The average Bonchev–Trinajstić information content (AvgIpc) is 2.65. The Balaban J connectivity index is 1.87.